The van der Waals surface area contributed by atoms with Crippen molar-refractivity contribution in [2.24, 2.45) is 0 Å². The van der Waals surface area contributed by atoms with Crippen LogP contribution in [0, 0.1) is 6.92 Å². The maximum absolute atomic E-state index is 13.3. The number of halogens is 1. The number of methoxy groups -OCH3 is 1. The Kier molecular flexibility index (Phi) is 6.65. The molecule has 190 valence electrons. The summed E-state index contributed by atoms with van der Waals surface area (Å²) in [4.78, 5) is 41.8. The first kappa shape index (κ1) is 24.8. The number of anilines is 1. The highest BCUT2D eigenvalue weighted by atomic mass is 35.5. The molecule has 4 aromatic heterocycles. The lowest BCUT2D eigenvalue weighted by molar-refractivity contribution is 0.0750. The number of hydrogen-bond donors (Lipinski definition) is 1. The first-order valence-electron chi connectivity index (χ1n) is 11.5. The van der Waals surface area contributed by atoms with E-state index < -0.39 is 0 Å². The van der Waals surface area contributed by atoms with E-state index in [0.29, 0.717) is 46.2 Å². The van der Waals surface area contributed by atoms with Crippen LogP contribution >= 0.6 is 22.9 Å². The topological polar surface area (TPSA) is 115 Å². The second kappa shape index (κ2) is 9.91. The Labute approximate surface area is 222 Å². The van der Waals surface area contributed by atoms with E-state index in [9.17, 15) is 9.59 Å². The van der Waals surface area contributed by atoms with Gasteiger partial charge in [-0.3, -0.25) is 24.6 Å². The number of aryl methyl sites for hydroxylation is 1. The Morgan fingerprint density at radius 1 is 1.14 bits per heavy atom. The third kappa shape index (κ3) is 4.92. The molecule has 1 aliphatic heterocycles. The number of nitrogens with one attached hydrogen (secondary N) is 1. The van der Waals surface area contributed by atoms with Crippen LogP contribution in [0.2, 0.25) is 5.15 Å². The van der Waals surface area contributed by atoms with Crippen molar-refractivity contribution in [3.05, 3.63) is 69.5 Å². The Morgan fingerprint density at radius 3 is 2.65 bits per heavy atom. The maximum atomic E-state index is 13.3. The zero-order valence-corrected chi connectivity index (χ0v) is 22.2. The van der Waals surface area contributed by atoms with Gasteiger partial charge in [0.15, 0.2) is 5.13 Å². The zero-order chi connectivity index (χ0) is 26.3. The van der Waals surface area contributed by atoms with Gasteiger partial charge in [-0.2, -0.15) is 5.10 Å². The Morgan fingerprint density at radius 2 is 1.95 bits per heavy atom. The van der Waals surface area contributed by atoms with Gasteiger partial charge in [-0.25, -0.2) is 9.97 Å². The van der Waals surface area contributed by atoms with Crippen molar-refractivity contribution >= 4 is 39.9 Å². The van der Waals surface area contributed by atoms with Crippen LogP contribution in [0.25, 0.3) is 11.1 Å². The molecule has 12 heteroatoms. The minimum Gasteiger partial charge on any atom is -0.494 e. The van der Waals surface area contributed by atoms with Gasteiger partial charge in [0.25, 0.3) is 11.8 Å². The fourth-order valence-corrected chi connectivity index (χ4v) is 5.21. The van der Waals surface area contributed by atoms with Crippen LogP contribution in [0.4, 0.5) is 5.13 Å². The van der Waals surface area contributed by atoms with Gasteiger partial charge >= 0.3 is 0 Å². The molecule has 0 saturated heterocycles. The predicted octanol–water partition coefficient (Wildman–Crippen LogP) is 4.76. The molecule has 0 spiro atoms. The molecule has 0 fully saturated rings. The van der Waals surface area contributed by atoms with Crippen molar-refractivity contribution in [2.75, 3.05) is 12.4 Å². The van der Waals surface area contributed by atoms with Crippen LogP contribution in [0.3, 0.4) is 0 Å². The summed E-state index contributed by atoms with van der Waals surface area (Å²) in [5, 5.41) is 7.88. The lowest BCUT2D eigenvalue weighted by atomic mass is 10.0. The summed E-state index contributed by atoms with van der Waals surface area (Å²) < 4.78 is 7.20. The van der Waals surface area contributed by atoms with Gasteiger partial charge < -0.3 is 9.64 Å². The number of aromatic nitrogens is 5. The number of ether oxygens (including phenoxy) is 1. The Bertz CT molecular complexity index is 1490. The molecule has 37 heavy (non-hydrogen) atoms. The van der Waals surface area contributed by atoms with E-state index in [1.165, 1.54) is 30.8 Å². The molecule has 4 aromatic rings. The predicted molar refractivity (Wildman–Crippen MR) is 140 cm³/mol. The van der Waals surface area contributed by atoms with E-state index in [-0.39, 0.29) is 23.0 Å². The molecule has 10 nitrogen and oxygen atoms in total. The molecule has 1 N–H and O–H groups in total. The van der Waals surface area contributed by atoms with Crippen LogP contribution in [-0.4, -0.2) is 48.6 Å². The van der Waals surface area contributed by atoms with Crippen molar-refractivity contribution < 1.29 is 14.3 Å². The number of nitrogens with zero attached hydrogens (tertiary/aromatic N) is 6. The van der Waals surface area contributed by atoms with Crippen molar-refractivity contribution in [1.82, 2.24) is 29.6 Å². The fourth-order valence-electron chi connectivity index (χ4n) is 4.07. The minimum absolute atomic E-state index is 0.0944. The summed E-state index contributed by atoms with van der Waals surface area (Å²) >= 11 is 7.48. The van der Waals surface area contributed by atoms with Gasteiger partial charge in [0, 0.05) is 35.3 Å². The van der Waals surface area contributed by atoms with Crippen molar-refractivity contribution in [2.45, 2.75) is 39.9 Å². The quantitative estimate of drug-likeness (QED) is 0.353. The lowest BCUT2D eigenvalue weighted by Gasteiger charge is -2.14. The second-order valence-electron chi connectivity index (χ2n) is 8.89. The number of hydrogen-bond acceptors (Lipinski definition) is 8. The van der Waals surface area contributed by atoms with E-state index in [0.717, 1.165) is 16.3 Å². The summed E-state index contributed by atoms with van der Waals surface area (Å²) in [6, 6.07) is 3.63. The van der Waals surface area contributed by atoms with E-state index in [1.807, 2.05) is 20.8 Å². The van der Waals surface area contributed by atoms with Crippen LogP contribution in [0.1, 0.15) is 56.9 Å². The number of thiazole rings is 1. The van der Waals surface area contributed by atoms with Crippen LogP contribution in [0.15, 0.2) is 36.9 Å². The SMILES string of the molecule is COc1cnc(Cl)cc1-c1cc(C)ncc1C(=O)Nc1nc2c(s1)CN(C(=O)c1cnn(C(C)C)c1)C2. The molecule has 0 unspecified atom stereocenters. The highest BCUT2D eigenvalue weighted by molar-refractivity contribution is 7.16. The molecule has 0 atom stereocenters. The average Bonchev–Trinajstić information content (AvgIpc) is 3.59. The van der Waals surface area contributed by atoms with Gasteiger partial charge in [0.2, 0.25) is 0 Å². The zero-order valence-electron chi connectivity index (χ0n) is 20.6. The van der Waals surface area contributed by atoms with Crippen molar-refractivity contribution in [1.29, 1.82) is 0 Å². The molecule has 1 aliphatic rings. The molecule has 0 saturated carbocycles. The summed E-state index contributed by atoms with van der Waals surface area (Å²) in [6.45, 7) is 6.65. The first-order chi connectivity index (χ1) is 17.7. The number of amides is 2. The molecule has 0 bridgehead atoms. The standard InChI is InChI=1S/C25H24ClN7O3S/c1-13(2)33-10-15(7-29-33)24(35)32-11-19-21(12-32)37-25(30-19)31-23(34)18-8-27-14(3)5-16(18)17-6-22(26)28-9-20(17)36-4/h5-10,13H,11-12H2,1-4H3,(H,30,31,34). The molecule has 0 aromatic carbocycles. The fraction of sp³-hybridized carbons (Fsp3) is 0.280. The molecular formula is C25H24ClN7O3S. The lowest BCUT2D eigenvalue weighted by Crippen LogP contribution is -2.25. The van der Waals surface area contributed by atoms with E-state index >= 15 is 0 Å². The summed E-state index contributed by atoms with van der Waals surface area (Å²) in [5.41, 5.74) is 3.65. The molecular weight excluding hydrogens is 514 g/mol. The Balaban J connectivity index is 1.34. The molecule has 0 radical (unpaired) electrons. The first-order valence-corrected chi connectivity index (χ1v) is 12.7. The van der Waals surface area contributed by atoms with Crippen LogP contribution < -0.4 is 10.1 Å². The second-order valence-corrected chi connectivity index (χ2v) is 10.4. The number of pyridine rings is 2. The molecule has 5 rings (SSSR count). The van der Waals surface area contributed by atoms with Gasteiger partial charge in [-0.15, -0.1) is 0 Å². The number of carbonyl (C=O) groups is 2. The van der Waals surface area contributed by atoms with E-state index in [2.05, 4.69) is 25.4 Å². The molecule has 2 amide bonds. The normalized spacial score (nSPS) is 12.6. The molecule has 5 heterocycles. The highest BCUT2D eigenvalue weighted by Crippen LogP contribution is 2.35. The highest BCUT2D eigenvalue weighted by Gasteiger charge is 2.29. The van der Waals surface area contributed by atoms with Gasteiger partial charge in [0.05, 0.1) is 54.3 Å². The van der Waals surface area contributed by atoms with Gasteiger partial charge in [-0.1, -0.05) is 22.9 Å². The van der Waals surface area contributed by atoms with Crippen molar-refractivity contribution in [3.63, 3.8) is 0 Å². The number of rotatable bonds is 6. The van der Waals surface area contributed by atoms with Gasteiger partial charge in [-0.05, 0) is 32.9 Å². The van der Waals surface area contributed by atoms with E-state index in [4.69, 9.17) is 16.3 Å². The third-order valence-corrected chi connectivity index (χ3v) is 7.17. The largest absolute Gasteiger partial charge is 0.494 e. The van der Waals surface area contributed by atoms with Crippen LogP contribution in [0.5, 0.6) is 5.75 Å². The van der Waals surface area contributed by atoms with Crippen molar-refractivity contribution in [3.8, 4) is 16.9 Å². The molecule has 0 aliphatic carbocycles. The van der Waals surface area contributed by atoms with E-state index in [1.54, 1.807) is 34.1 Å². The average molecular weight is 538 g/mol. The maximum Gasteiger partial charge on any atom is 0.259 e. The monoisotopic (exact) mass is 537 g/mol. The summed E-state index contributed by atoms with van der Waals surface area (Å²) in [6.07, 6.45) is 6.39. The number of carbonyl (C=O) groups excluding carboxylic acids is 2. The number of fused-ring (bicyclic) bond motifs is 1. The van der Waals surface area contributed by atoms with Gasteiger partial charge in [0.1, 0.15) is 10.9 Å². The van der Waals surface area contributed by atoms with Crippen LogP contribution in [-0.2, 0) is 13.1 Å². The minimum atomic E-state index is -0.362. The summed E-state index contributed by atoms with van der Waals surface area (Å²) in [5.74, 6) is 0.0305. The smallest absolute Gasteiger partial charge is 0.259 e. The summed E-state index contributed by atoms with van der Waals surface area (Å²) in [7, 11) is 1.53. The third-order valence-electron chi connectivity index (χ3n) is 5.97. The Hall–Kier alpha value is -3.83.